The van der Waals surface area contributed by atoms with E-state index in [0.29, 0.717) is 0 Å². The van der Waals surface area contributed by atoms with Crippen LogP contribution in [0.15, 0.2) is 59.1 Å². The van der Waals surface area contributed by atoms with Crippen LogP contribution in [0.1, 0.15) is 33.2 Å². The zero-order valence-corrected chi connectivity index (χ0v) is 15.5. The van der Waals surface area contributed by atoms with Crippen molar-refractivity contribution in [3.8, 4) is 0 Å². The lowest BCUT2D eigenvalue weighted by molar-refractivity contribution is 0.0526. The smallest absolute Gasteiger partial charge is 0.338 e. The SMILES string of the molecule is CCOC(=O)c1cccc(C(O)=C2C(=O)c3ccccc3S(=O)(=O)N2C)c1. The summed E-state index contributed by atoms with van der Waals surface area (Å²) in [6, 6.07) is 11.6. The first-order valence-electron chi connectivity index (χ1n) is 8.12. The van der Waals surface area contributed by atoms with Gasteiger partial charge in [0.05, 0.1) is 17.1 Å². The molecule has 0 aliphatic carbocycles. The molecule has 0 unspecified atom stereocenters. The third-order valence-electron chi connectivity index (χ3n) is 4.17. The second kappa shape index (κ2) is 6.88. The average Bonchev–Trinajstić information content (AvgIpc) is 2.67. The van der Waals surface area contributed by atoms with Crippen LogP contribution in [0.2, 0.25) is 0 Å². The highest BCUT2D eigenvalue weighted by molar-refractivity contribution is 7.89. The van der Waals surface area contributed by atoms with Crippen LogP contribution in [0.4, 0.5) is 0 Å². The molecule has 7 nitrogen and oxygen atoms in total. The van der Waals surface area contributed by atoms with Gasteiger partial charge in [0.15, 0.2) is 5.76 Å². The molecule has 1 aliphatic heterocycles. The number of aliphatic hydroxyl groups is 1. The maximum absolute atomic E-state index is 12.8. The molecule has 0 saturated heterocycles. The lowest BCUT2D eigenvalue weighted by atomic mass is 10.0. The molecule has 140 valence electrons. The number of likely N-dealkylation sites (N-methyl/N-ethyl adjacent to an activating group) is 1. The van der Waals surface area contributed by atoms with Crippen LogP contribution in [0.3, 0.4) is 0 Å². The van der Waals surface area contributed by atoms with E-state index in [-0.39, 0.29) is 33.9 Å². The standard InChI is InChI=1S/C19H17NO6S/c1-3-26-19(23)13-8-6-7-12(11-13)17(21)16-18(22)14-9-4-5-10-15(14)27(24,25)20(16)2/h4-11,21H,3H2,1-2H3. The number of ether oxygens (including phenoxy) is 1. The summed E-state index contributed by atoms with van der Waals surface area (Å²) < 4.78 is 31.1. The third-order valence-corrected chi connectivity index (χ3v) is 5.99. The fourth-order valence-corrected chi connectivity index (χ4v) is 4.21. The zero-order valence-electron chi connectivity index (χ0n) is 14.7. The molecule has 2 aromatic carbocycles. The van der Waals surface area contributed by atoms with Crippen molar-refractivity contribution in [2.45, 2.75) is 11.8 Å². The molecule has 0 atom stereocenters. The number of ketones is 1. The van der Waals surface area contributed by atoms with Crippen LogP contribution in [-0.4, -0.2) is 43.2 Å². The Morgan fingerprint density at radius 3 is 2.48 bits per heavy atom. The van der Waals surface area contributed by atoms with Gasteiger partial charge in [0.2, 0.25) is 5.78 Å². The van der Waals surface area contributed by atoms with Gasteiger partial charge in [-0.3, -0.25) is 9.10 Å². The van der Waals surface area contributed by atoms with Crippen molar-refractivity contribution >= 4 is 27.5 Å². The van der Waals surface area contributed by atoms with Crippen LogP contribution in [0.25, 0.3) is 5.76 Å². The van der Waals surface area contributed by atoms with E-state index in [2.05, 4.69) is 0 Å². The highest BCUT2D eigenvalue weighted by atomic mass is 32.2. The number of hydrogen-bond acceptors (Lipinski definition) is 6. The average molecular weight is 387 g/mol. The molecule has 3 rings (SSSR count). The first-order valence-corrected chi connectivity index (χ1v) is 9.56. The predicted molar refractivity (Wildman–Crippen MR) is 97.7 cm³/mol. The van der Waals surface area contributed by atoms with E-state index in [0.717, 1.165) is 4.31 Å². The molecule has 8 heteroatoms. The minimum absolute atomic E-state index is 0.0151. The lowest BCUT2D eigenvalue weighted by Crippen LogP contribution is -2.37. The number of hydrogen-bond donors (Lipinski definition) is 1. The number of rotatable bonds is 3. The number of carbonyl (C=O) groups excluding carboxylic acids is 2. The van der Waals surface area contributed by atoms with Gasteiger partial charge in [0, 0.05) is 18.2 Å². The number of allylic oxidation sites excluding steroid dienone is 1. The highest BCUT2D eigenvalue weighted by Crippen LogP contribution is 2.34. The fourth-order valence-electron chi connectivity index (χ4n) is 2.82. The summed E-state index contributed by atoms with van der Waals surface area (Å²) in [6.07, 6.45) is 0. The van der Waals surface area contributed by atoms with Crippen LogP contribution >= 0.6 is 0 Å². The van der Waals surface area contributed by atoms with Crippen molar-refractivity contribution in [2.75, 3.05) is 13.7 Å². The Kier molecular flexibility index (Phi) is 4.75. The van der Waals surface area contributed by atoms with E-state index in [4.69, 9.17) is 4.74 Å². The van der Waals surface area contributed by atoms with Gasteiger partial charge in [0.25, 0.3) is 10.0 Å². The summed E-state index contributed by atoms with van der Waals surface area (Å²) in [5, 5.41) is 10.7. The summed E-state index contributed by atoms with van der Waals surface area (Å²) >= 11 is 0. The van der Waals surface area contributed by atoms with E-state index in [1.165, 1.54) is 49.5 Å². The Hall–Kier alpha value is -3.13. The molecule has 1 aliphatic rings. The first kappa shape index (κ1) is 18.7. The second-order valence-corrected chi connectivity index (χ2v) is 7.73. The maximum atomic E-state index is 12.8. The molecule has 0 bridgehead atoms. The highest BCUT2D eigenvalue weighted by Gasteiger charge is 2.39. The number of nitrogens with zero attached hydrogens (tertiary/aromatic N) is 1. The Labute approximate surface area is 156 Å². The Balaban J connectivity index is 2.17. The van der Waals surface area contributed by atoms with E-state index in [9.17, 15) is 23.1 Å². The largest absolute Gasteiger partial charge is 0.505 e. The molecule has 0 fully saturated rings. The predicted octanol–water partition coefficient (Wildman–Crippen LogP) is 2.61. The zero-order chi connectivity index (χ0) is 19.8. The van der Waals surface area contributed by atoms with E-state index in [1.807, 2.05) is 0 Å². The normalized spacial score (nSPS) is 17.3. The second-order valence-electron chi connectivity index (χ2n) is 5.80. The van der Waals surface area contributed by atoms with Crippen molar-refractivity contribution in [3.63, 3.8) is 0 Å². The summed E-state index contributed by atoms with van der Waals surface area (Å²) in [5.41, 5.74) is -0.0885. The Bertz CT molecular complexity index is 1070. The van der Waals surface area contributed by atoms with Crippen molar-refractivity contribution in [3.05, 3.63) is 70.9 Å². The lowest BCUT2D eigenvalue weighted by Gasteiger charge is -2.28. The molecular weight excluding hydrogens is 370 g/mol. The van der Waals surface area contributed by atoms with Gasteiger partial charge in [-0.1, -0.05) is 24.3 Å². The van der Waals surface area contributed by atoms with E-state index >= 15 is 0 Å². The van der Waals surface area contributed by atoms with Crippen molar-refractivity contribution in [2.24, 2.45) is 0 Å². The van der Waals surface area contributed by atoms with Gasteiger partial charge in [0.1, 0.15) is 5.70 Å². The van der Waals surface area contributed by atoms with Gasteiger partial charge >= 0.3 is 5.97 Å². The number of esters is 1. The van der Waals surface area contributed by atoms with Gasteiger partial charge in [-0.25, -0.2) is 13.2 Å². The number of carbonyl (C=O) groups is 2. The topological polar surface area (TPSA) is 101 Å². The molecular formula is C19H17NO6S. The monoisotopic (exact) mass is 387 g/mol. The van der Waals surface area contributed by atoms with Gasteiger partial charge < -0.3 is 9.84 Å². The fraction of sp³-hybridized carbons (Fsp3) is 0.158. The molecule has 0 spiro atoms. The molecule has 27 heavy (non-hydrogen) atoms. The van der Waals surface area contributed by atoms with E-state index in [1.54, 1.807) is 13.0 Å². The first-order chi connectivity index (χ1) is 12.8. The molecule has 1 N–H and O–H groups in total. The summed E-state index contributed by atoms with van der Waals surface area (Å²) in [4.78, 5) is 24.6. The number of benzene rings is 2. The molecule has 0 amide bonds. The maximum Gasteiger partial charge on any atom is 0.338 e. The van der Waals surface area contributed by atoms with Gasteiger partial charge in [-0.15, -0.1) is 0 Å². The Morgan fingerprint density at radius 1 is 1.11 bits per heavy atom. The van der Waals surface area contributed by atoms with Crippen molar-refractivity contribution < 1.29 is 27.9 Å². The Morgan fingerprint density at radius 2 is 1.78 bits per heavy atom. The molecule has 0 aromatic heterocycles. The third kappa shape index (κ3) is 3.08. The molecule has 1 heterocycles. The summed E-state index contributed by atoms with van der Waals surface area (Å²) in [7, 11) is -2.79. The van der Waals surface area contributed by atoms with Gasteiger partial charge in [-0.2, -0.15) is 0 Å². The summed E-state index contributed by atoms with van der Waals surface area (Å²) in [6.45, 7) is 1.85. The van der Waals surface area contributed by atoms with Crippen LogP contribution in [0, 0.1) is 0 Å². The van der Waals surface area contributed by atoms with Gasteiger partial charge in [-0.05, 0) is 31.2 Å². The quantitative estimate of drug-likeness (QED) is 0.494. The summed E-state index contributed by atoms with van der Waals surface area (Å²) in [5.74, 6) is -1.74. The van der Waals surface area contributed by atoms with Crippen LogP contribution < -0.4 is 0 Å². The van der Waals surface area contributed by atoms with E-state index < -0.39 is 27.5 Å². The molecule has 0 radical (unpaired) electrons. The molecule has 0 saturated carbocycles. The molecule has 2 aromatic rings. The number of fused-ring (bicyclic) bond motifs is 1. The van der Waals surface area contributed by atoms with Crippen molar-refractivity contribution in [1.82, 2.24) is 4.31 Å². The minimum atomic E-state index is -3.99. The van der Waals surface area contributed by atoms with Crippen molar-refractivity contribution in [1.29, 1.82) is 0 Å². The minimum Gasteiger partial charge on any atom is -0.505 e. The van der Waals surface area contributed by atoms with Crippen LogP contribution in [-0.2, 0) is 14.8 Å². The van der Waals surface area contributed by atoms with Crippen LogP contribution in [0.5, 0.6) is 0 Å². The number of Topliss-reactive ketones (excluding diaryl/α,β-unsaturated/α-hetero) is 1. The number of sulfonamides is 1. The number of aliphatic hydroxyl groups excluding tert-OH is 1.